The molecule has 0 aliphatic carbocycles. The molecular weight excluding hydrogens is 457 g/mol. The molecule has 2 unspecified atom stereocenters. The molecule has 1 fully saturated rings. The predicted octanol–water partition coefficient (Wildman–Crippen LogP) is 6.14. The summed E-state index contributed by atoms with van der Waals surface area (Å²) >= 11 is 2.96. The minimum Gasteiger partial charge on any atom is -0.488 e. The van der Waals surface area contributed by atoms with Crippen LogP contribution < -0.4 is 9.68 Å². The van der Waals surface area contributed by atoms with Crippen LogP contribution in [-0.4, -0.2) is 29.8 Å². The topological polar surface area (TPSA) is 21.7 Å². The van der Waals surface area contributed by atoms with Crippen LogP contribution in [0, 0.1) is 5.82 Å². The summed E-state index contributed by atoms with van der Waals surface area (Å²) in [5, 5.41) is 0. The summed E-state index contributed by atoms with van der Waals surface area (Å²) in [6.07, 6.45) is 3.38. The van der Waals surface area contributed by atoms with Gasteiger partial charge in [0.1, 0.15) is 6.61 Å². The molecule has 162 valence electrons. The largest absolute Gasteiger partial charge is 0.488 e. The number of benzene rings is 2. The molecule has 3 nitrogen and oxygen atoms in total. The Balaban J connectivity index is 1.84. The average molecular weight is 477 g/mol. The number of hydrogen-bond donors (Lipinski definition) is 0. The van der Waals surface area contributed by atoms with Crippen LogP contribution >= 0.6 is 32.9 Å². The Morgan fingerprint density at radius 2 is 1.97 bits per heavy atom. The van der Waals surface area contributed by atoms with Crippen molar-refractivity contribution in [2.45, 2.75) is 34.2 Å². The number of piperidine rings is 1. The molecule has 0 spiro atoms. The molecule has 0 N–H and O–H groups in total. The van der Waals surface area contributed by atoms with Gasteiger partial charge in [0.2, 0.25) is 0 Å². The molecule has 10 heteroatoms. The molecule has 0 bridgehead atoms. The predicted molar refractivity (Wildman–Crippen MR) is 114 cm³/mol. The molecule has 3 atom stereocenters. The van der Waals surface area contributed by atoms with Crippen LogP contribution in [0.2, 0.25) is 0 Å². The fourth-order valence-electron chi connectivity index (χ4n) is 4.21. The fourth-order valence-corrected chi connectivity index (χ4v) is 6.85. The summed E-state index contributed by atoms with van der Waals surface area (Å²) in [4.78, 5) is 4.85. The number of fused-ring (bicyclic) bond motifs is 3. The SMILES string of the molecule is CSN1CCC[C@@]2(Sc3ccc(C(F)(F)P)cc3)c3c(OF)ccc(F)c3OCC12. The Labute approximate surface area is 183 Å². The number of nitrogens with zero attached hydrogens (tertiary/aromatic N) is 1. The third-order valence-electron chi connectivity index (χ3n) is 5.55. The normalized spacial score (nSPS) is 24.0. The number of thioether (sulfide) groups is 1. The van der Waals surface area contributed by atoms with E-state index in [1.165, 1.54) is 39.2 Å². The molecule has 0 amide bonds. The zero-order valence-corrected chi connectivity index (χ0v) is 18.8. The quantitative estimate of drug-likeness (QED) is 0.292. The van der Waals surface area contributed by atoms with Crippen LogP contribution in [0.4, 0.5) is 17.7 Å². The molecule has 30 heavy (non-hydrogen) atoms. The molecule has 2 aromatic rings. The van der Waals surface area contributed by atoms with Gasteiger partial charge in [-0.3, -0.25) is 4.94 Å². The highest BCUT2D eigenvalue weighted by molar-refractivity contribution is 8.00. The molecular formula is C20H20F4NO2PS2. The lowest BCUT2D eigenvalue weighted by molar-refractivity contribution is -0.0112. The lowest BCUT2D eigenvalue weighted by Crippen LogP contribution is -2.55. The van der Waals surface area contributed by atoms with Gasteiger partial charge in [-0.15, -0.1) is 11.8 Å². The van der Waals surface area contributed by atoms with Gasteiger partial charge >= 0.3 is 0 Å². The first-order valence-corrected chi connectivity index (χ1v) is 11.9. The molecule has 2 aromatic carbocycles. The highest BCUT2D eigenvalue weighted by Gasteiger charge is 2.53. The molecule has 4 rings (SSSR count). The Kier molecular flexibility index (Phi) is 6.19. The summed E-state index contributed by atoms with van der Waals surface area (Å²) < 4.78 is 62.4. The lowest BCUT2D eigenvalue weighted by atomic mass is 9.81. The monoisotopic (exact) mass is 477 g/mol. The summed E-state index contributed by atoms with van der Waals surface area (Å²) in [5.41, 5.74) is -2.80. The zero-order chi connectivity index (χ0) is 21.5. The van der Waals surface area contributed by atoms with Gasteiger partial charge in [0.25, 0.3) is 5.66 Å². The molecule has 0 saturated carbocycles. The van der Waals surface area contributed by atoms with Crippen LogP contribution in [0.25, 0.3) is 0 Å². The number of alkyl halides is 2. The first kappa shape index (κ1) is 22.1. The first-order chi connectivity index (χ1) is 14.3. The van der Waals surface area contributed by atoms with Crippen molar-refractivity contribution in [3.8, 4) is 11.5 Å². The van der Waals surface area contributed by atoms with E-state index in [1.807, 2.05) is 6.26 Å². The molecule has 1 saturated heterocycles. The van der Waals surface area contributed by atoms with Crippen LogP contribution in [0.15, 0.2) is 41.3 Å². The Hall–Kier alpha value is -1.15. The van der Waals surface area contributed by atoms with Gasteiger partial charge < -0.3 is 4.74 Å². The zero-order valence-electron chi connectivity index (χ0n) is 16.0. The first-order valence-electron chi connectivity index (χ1n) is 9.31. The lowest BCUT2D eigenvalue weighted by Gasteiger charge is -2.51. The van der Waals surface area contributed by atoms with Gasteiger partial charge in [0.15, 0.2) is 17.3 Å². The van der Waals surface area contributed by atoms with Crippen molar-refractivity contribution in [3.05, 3.63) is 53.3 Å². The van der Waals surface area contributed by atoms with Gasteiger partial charge in [-0.25, -0.2) is 8.70 Å². The van der Waals surface area contributed by atoms with Gasteiger partial charge in [-0.05, 0) is 43.4 Å². The summed E-state index contributed by atoms with van der Waals surface area (Å²) in [6.45, 7) is 1.04. The van der Waals surface area contributed by atoms with Crippen molar-refractivity contribution in [1.29, 1.82) is 0 Å². The molecule has 2 aliphatic rings. The molecule has 2 aliphatic heterocycles. The second kappa shape index (κ2) is 8.41. The van der Waals surface area contributed by atoms with Crippen molar-refractivity contribution < 1.29 is 27.4 Å². The third-order valence-corrected chi connectivity index (χ3v) is 8.34. The van der Waals surface area contributed by atoms with E-state index in [0.717, 1.165) is 23.9 Å². The summed E-state index contributed by atoms with van der Waals surface area (Å²) in [7, 11) is 1.52. The van der Waals surface area contributed by atoms with Crippen LogP contribution in [0.5, 0.6) is 11.5 Å². The van der Waals surface area contributed by atoms with Gasteiger partial charge in [0, 0.05) is 21.5 Å². The molecule has 2 heterocycles. The minimum atomic E-state index is -3.02. The third kappa shape index (κ3) is 3.78. The average Bonchev–Trinajstić information content (AvgIpc) is 2.73. The van der Waals surface area contributed by atoms with Crippen molar-refractivity contribution in [2.75, 3.05) is 19.4 Å². The minimum absolute atomic E-state index is 0.00929. The van der Waals surface area contributed by atoms with Crippen molar-refractivity contribution in [3.63, 3.8) is 0 Å². The highest BCUT2D eigenvalue weighted by Crippen LogP contribution is 2.59. The van der Waals surface area contributed by atoms with Crippen molar-refractivity contribution >= 4 is 32.9 Å². The van der Waals surface area contributed by atoms with E-state index in [4.69, 9.17) is 4.74 Å². The van der Waals surface area contributed by atoms with Crippen molar-refractivity contribution in [2.24, 2.45) is 0 Å². The van der Waals surface area contributed by atoms with Gasteiger partial charge in [-0.1, -0.05) is 33.3 Å². The standard InChI is InChI=1S/C20H20F4NO2PS2/c1-29-25-10-2-9-19(30-13-5-3-12(4-6-13)20(22,23)28)16(25)11-26-18-14(21)7-8-15(27-24)17(18)19/h3-8,16H,2,9-11,28H2,1H3/t16?,19-/m0/s1. The molecule has 0 aromatic heterocycles. The van der Waals surface area contributed by atoms with Gasteiger partial charge in [0.05, 0.1) is 16.4 Å². The second-order valence-electron chi connectivity index (χ2n) is 7.22. The number of hydrogen-bond acceptors (Lipinski definition) is 5. The van der Waals surface area contributed by atoms with E-state index in [2.05, 4.69) is 9.25 Å². The van der Waals surface area contributed by atoms with Crippen molar-refractivity contribution in [1.82, 2.24) is 4.31 Å². The maximum atomic E-state index is 14.6. The smallest absolute Gasteiger partial charge is 0.283 e. The second-order valence-corrected chi connectivity index (χ2v) is 10.2. The Morgan fingerprint density at radius 3 is 2.60 bits per heavy atom. The van der Waals surface area contributed by atoms with Crippen LogP contribution in [0.3, 0.4) is 0 Å². The van der Waals surface area contributed by atoms with E-state index >= 15 is 0 Å². The maximum absolute atomic E-state index is 14.6. The number of rotatable bonds is 5. The highest BCUT2D eigenvalue weighted by atomic mass is 32.2. The van der Waals surface area contributed by atoms with Crippen LogP contribution in [-0.2, 0) is 10.4 Å². The fraction of sp³-hybridized carbons (Fsp3) is 0.400. The summed E-state index contributed by atoms with van der Waals surface area (Å²) in [6, 6.07) is 8.18. The Bertz CT molecular complexity index is 928. The van der Waals surface area contributed by atoms with E-state index in [1.54, 1.807) is 24.1 Å². The van der Waals surface area contributed by atoms with E-state index in [9.17, 15) is 17.7 Å². The van der Waals surface area contributed by atoms with E-state index in [-0.39, 0.29) is 29.7 Å². The van der Waals surface area contributed by atoms with E-state index < -0.39 is 16.2 Å². The van der Waals surface area contributed by atoms with Gasteiger partial charge in [-0.2, -0.15) is 8.78 Å². The van der Waals surface area contributed by atoms with E-state index in [0.29, 0.717) is 12.0 Å². The van der Waals surface area contributed by atoms with Crippen LogP contribution in [0.1, 0.15) is 24.0 Å². The maximum Gasteiger partial charge on any atom is 0.283 e. The molecule has 0 radical (unpaired) electrons. The number of halogens is 4. The Morgan fingerprint density at radius 1 is 1.23 bits per heavy atom. The summed E-state index contributed by atoms with van der Waals surface area (Å²) in [5.74, 6) is -0.673. The number of ether oxygens (including phenoxy) is 1.